The fourth-order valence-electron chi connectivity index (χ4n) is 4.42. The van der Waals surface area contributed by atoms with Crippen LogP contribution in [0.5, 0.6) is 0 Å². The van der Waals surface area contributed by atoms with Crippen molar-refractivity contribution in [3.8, 4) is 0 Å². The normalized spacial score (nSPS) is 16.2. The molecule has 0 radical (unpaired) electrons. The van der Waals surface area contributed by atoms with E-state index in [9.17, 15) is 33.9 Å². The molecule has 2 heterocycles. The number of fused-ring (bicyclic) bond motifs is 1. The van der Waals surface area contributed by atoms with Crippen LogP contribution in [0, 0.1) is 5.92 Å². The van der Waals surface area contributed by atoms with Crippen molar-refractivity contribution in [2.45, 2.75) is 76.9 Å². The molecule has 0 aromatic carbocycles. The summed E-state index contributed by atoms with van der Waals surface area (Å²) in [6.07, 6.45) is 0.656. The van der Waals surface area contributed by atoms with Gasteiger partial charge in [0.15, 0.2) is 0 Å². The number of hydrogen-bond donors (Lipinski definition) is 8. The highest BCUT2D eigenvalue weighted by atomic mass is 127. The molecule has 0 aliphatic carbocycles. The molecular weight excluding hydrogens is 693 g/mol. The summed E-state index contributed by atoms with van der Waals surface area (Å²) in [6.45, 7) is 3.59. The Balaban J connectivity index is 2.31. The van der Waals surface area contributed by atoms with Crippen LogP contribution in [0.4, 0.5) is 5.82 Å². The second-order valence-electron chi connectivity index (χ2n) is 10.1. The molecule has 0 saturated carbocycles. The van der Waals surface area contributed by atoms with E-state index in [0.29, 0.717) is 12.0 Å². The molecule has 0 fully saturated rings. The van der Waals surface area contributed by atoms with E-state index in [1.807, 2.05) is 22.9 Å². The summed E-state index contributed by atoms with van der Waals surface area (Å²) in [6, 6.07) is -0.210. The molecule has 2 rings (SSSR count). The number of carboxylic acid groups (broad SMARTS) is 2. The fourth-order valence-corrected chi connectivity index (χ4v) is 4.55. The Kier molecular flexibility index (Phi) is 14.7. The lowest BCUT2D eigenvalue weighted by Crippen LogP contribution is -2.58. The molecule has 18 heteroatoms. The van der Waals surface area contributed by atoms with Crippen molar-refractivity contribution in [3.63, 3.8) is 0 Å². The number of amidine groups is 1. The zero-order valence-electron chi connectivity index (χ0n) is 24.3. The molecule has 4 atom stereocenters. The van der Waals surface area contributed by atoms with Crippen molar-refractivity contribution in [1.82, 2.24) is 30.1 Å². The summed E-state index contributed by atoms with van der Waals surface area (Å²) in [5, 5.41) is 29.9. The van der Waals surface area contributed by atoms with E-state index in [4.69, 9.17) is 10.8 Å². The number of carbonyl (C=O) groups excluding carboxylic acids is 4. The van der Waals surface area contributed by atoms with Crippen LogP contribution >= 0.6 is 22.9 Å². The van der Waals surface area contributed by atoms with Gasteiger partial charge in [-0.2, -0.15) is 8.74 Å². The summed E-state index contributed by atoms with van der Waals surface area (Å²) in [4.78, 5) is 80.9. The predicted octanol–water partition coefficient (Wildman–Crippen LogP) is -0.693. The molecule has 17 nitrogen and oxygen atoms in total. The maximum Gasteiger partial charge on any atom is 0.303 e. The van der Waals surface area contributed by atoms with Crippen molar-refractivity contribution in [3.05, 3.63) is 23.9 Å². The van der Waals surface area contributed by atoms with Crippen LogP contribution in [-0.2, 0) is 35.2 Å². The summed E-state index contributed by atoms with van der Waals surface area (Å²) >= 11 is 1.81. The highest BCUT2D eigenvalue weighted by Crippen LogP contribution is 2.31. The van der Waals surface area contributed by atoms with Crippen LogP contribution < -0.4 is 35.8 Å². The Labute approximate surface area is 267 Å². The van der Waals surface area contributed by atoms with Crippen LogP contribution in [-0.4, -0.2) is 81.3 Å². The molecule has 1 aromatic heterocycles. The molecule has 0 bridgehead atoms. The molecule has 242 valence electrons. The van der Waals surface area contributed by atoms with Gasteiger partial charge in [0, 0.05) is 61.3 Å². The fraction of sp³-hybridized carbons (Fsp3) is 0.538. The average molecular weight is 732 g/mol. The number of nitrogens with zero attached hydrogens (tertiary/aromatic N) is 3. The Morgan fingerprint density at radius 3 is 2.45 bits per heavy atom. The van der Waals surface area contributed by atoms with Crippen molar-refractivity contribution >= 4 is 70.1 Å². The first-order valence-corrected chi connectivity index (χ1v) is 15.0. The minimum atomic E-state index is -1.39. The standard InChI is InChI=1S/C26H38IN9O8/c1-3-14(2)22(32-19(37)7-9-21(40)41)25(43)31-16(6-8-20(38)39)26(44)36-17(13-15-5-4-11-29-23(15)36)24(42)30-12-10-18(28)33-35-34-27/h4-5,11,14,16-17,22,34-35H,3,6-10,12-13H2,1-2H3,(H2,28,33)(H,30,42)(H,31,43)(H,32,37)(H,38,39)(H,40,41)/t14-,16-,17-,22-/m0/s1. The second-order valence-corrected chi connectivity index (χ2v) is 10.6. The minimum Gasteiger partial charge on any atom is -0.481 e. The number of hydrazone groups is 1. The molecule has 0 spiro atoms. The highest BCUT2D eigenvalue weighted by Gasteiger charge is 2.42. The van der Waals surface area contributed by atoms with E-state index in [-0.39, 0.29) is 43.9 Å². The quantitative estimate of drug-likeness (QED) is 0.0307. The van der Waals surface area contributed by atoms with Crippen LogP contribution in [0.2, 0.25) is 0 Å². The smallest absolute Gasteiger partial charge is 0.303 e. The first kappa shape index (κ1) is 36.1. The molecule has 44 heavy (non-hydrogen) atoms. The maximum absolute atomic E-state index is 14.0. The van der Waals surface area contributed by atoms with E-state index in [2.05, 4.69) is 35.2 Å². The van der Waals surface area contributed by atoms with Crippen LogP contribution in [0.25, 0.3) is 0 Å². The molecule has 1 aliphatic heterocycles. The lowest BCUT2D eigenvalue weighted by atomic mass is 9.97. The third kappa shape index (κ3) is 10.9. The van der Waals surface area contributed by atoms with E-state index in [1.54, 1.807) is 26.0 Å². The molecule has 1 aliphatic rings. The Hall–Kier alpha value is -4.07. The molecule has 0 unspecified atom stereocenters. The van der Waals surface area contributed by atoms with Crippen molar-refractivity contribution in [2.24, 2.45) is 16.8 Å². The van der Waals surface area contributed by atoms with Crippen molar-refractivity contribution in [2.75, 3.05) is 11.4 Å². The van der Waals surface area contributed by atoms with Gasteiger partial charge in [-0.1, -0.05) is 26.3 Å². The van der Waals surface area contributed by atoms with E-state index < -0.39 is 72.5 Å². The number of amides is 4. The Morgan fingerprint density at radius 2 is 1.82 bits per heavy atom. The summed E-state index contributed by atoms with van der Waals surface area (Å²) < 4.78 is 2.55. The lowest BCUT2D eigenvalue weighted by molar-refractivity contribution is -0.140. The second kappa shape index (κ2) is 17.9. The number of hydrogen-bond acceptors (Lipinski definition) is 10. The largest absolute Gasteiger partial charge is 0.481 e. The number of nitrogens with two attached hydrogens (primary N) is 1. The summed E-state index contributed by atoms with van der Waals surface area (Å²) in [7, 11) is 0. The SMILES string of the molecule is CC[C@H](C)[C@H](NC(=O)CCC(=O)O)C(=O)N[C@@H](CCC(=O)O)C(=O)N1c2ncccc2C[C@H]1C(=O)NCC/C(N)=N/NNI. The molecule has 0 saturated heterocycles. The third-order valence-corrected chi connectivity index (χ3v) is 7.16. The number of rotatable bonds is 18. The number of anilines is 1. The summed E-state index contributed by atoms with van der Waals surface area (Å²) in [5.41, 5.74) is 8.85. The van der Waals surface area contributed by atoms with Crippen LogP contribution in [0.3, 0.4) is 0 Å². The van der Waals surface area contributed by atoms with Crippen LogP contribution in [0.1, 0.15) is 57.9 Å². The van der Waals surface area contributed by atoms with Crippen molar-refractivity contribution in [1.29, 1.82) is 0 Å². The number of hydrazine groups is 1. The third-order valence-electron chi connectivity index (χ3n) is 6.92. The first-order valence-electron chi connectivity index (χ1n) is 13.9. The first-order chi connectivity index (χ1) is 20.9. The van der Waals surface area contributed by atoms with Gasteiger partial charge in [-0.3, -0.25) is 33.7 Å². The number of aromatic nitrogens is 1. The van der Waals surface area contributed by atoms with Gasteiger partial charge in [0.25, 0.3) is 5.91 Å². The zero-order chi connectivity index (χ0) is 32.8. The number of halogens is 1. The van der Waals surface area contributed by atoms with E-state index >= 15 is 0 Å². The number of pyridine rings is 1. The number of carbonyl (C=O) groups is 6. The van der Waals surface area contributed by atoms with Gasteiger partial charge in [-0.25, -0.2) is 10.5 Å². The topological polar surface area (TPSA) is 258 Å². The summed E-state index contributed by atoms with van der Waals surface area (Å²) in [5.74, 6) is -5.08. The molecule has 9 N–H and O–H groups in total. The van der Waals surface area contributed by atoms with Gasteiger partial charge in [-0.05, 0) is 24.0 Å². The maximum atomic E-state index is 14.0. The number of nitrogens with one attached hydrogen (secondary N) is 5. The zero-order valence-corrected chi connectivity index (χ0v) is 26.5. The highest BCUT2D eigenvalue weighted by molar-refractivity contribution is 14.1. The van der Waals surface area contributed by atoms with Gasteiger partial charge in [0.05, 0.1) is 6.42 Å². The van der Waals surface area contributed by atoms with Gasteiger partial charge in [0.1, 0.15) is 29.8 Å². The van der Waals surface area contributed by atoms with Gasteiger partial charge in [0.2, 0.25) is 17.7 Å². The minimum absolute atomic E-state index is 0.108. The van der Waals surface area contributed by atoms with E-state index in [0.717, 1.165) is 4.90 Å². The van der Waals surface area contributed by atoms with Crippen molar-refractivity contribution < 1.29 is 39.0 Å². The molecule has 1 aromatic rings. The van der Waals surface area contributed by atoms with E-state index in [1.165, 1.54) is 6.20 Å². The predicted molar refractivity (Wildman–Crippen MR) is 166 cm³/mol. The monoisotopic (exact) mass is 731 g/mol. The molecule has 4 amide bonds. The number of carboxylic acids is 2. The molecular formula is C26H38IN9O8. The van der Waals surface area contributed by atoms with Gasteiger partial charge in [-0.15, -0.1) is 0 Å². The van der Waals surface area contributed by atoms with Gasteiger partial charge < -0.3 is 31.9 Å². The number of aliphatic carboxylic acids is 2. The average Bonchev–Trinajstić information content (AvgIpc) is 3.38. The Bertz CT molecular complexity index is 1250. The van der Waals surface area contributed by atoms with Gasteiger partial charge >= 0.3 is 11.9 Å². The lowest BCUT2D eigenvalue weighted by Gasteiger charge is -2.30. The Morgan fingerprint density at radius 1 is 1.11 bits per heavy atom. The van der Waals surface area contributed by atoms with Crippen LogP contribution in [0.15, 0.2) is 23.4 Å².